The second-order valence-corrected chi connectivity index (χ2v) is 10.7. The molecule has 1 unspecified atom stereocenters. The van der Waals surface area contributed by atoms with Gasteiger partial charge in [0, 0.05) is 22.2 Å². The van der Waals surface area contributed by atoms with Crippen LogP contribution in [0.3, 0.4) is 0 Å². The van der Waals surface area contributed by atoms with Gasteiger partial charge in [0.1, 0.15) is 5.70 Å². The number of thioether (sulfide) groups is 1. The van der Waals surface area contributed by atoms with Crippen LogP contribution in [-0.2, 0) is 9.59 Å². The summed E-state index contributed by atoms with van der Waals surface area (Å²) in [5.41, 5.74) is 1.01. The van der Waals surface area contributed by atoms with E-state index in [1.165, 1.54) is 36.0 Å². The van der Waals surface area contributed by atoms with Crippen molar-refractivity contribution < 1.29 is 19.3 Å². The van der Waals surface area contributed by atoms with Crippen molar-refractivity contribution in [1.29, 1.82) is 0 Å². The number of anilines is 2. The van der Waals surface area contributed by atoms with Crippen LogP contribution in [0, 0.1) is 10.1 Å². The lowest BCUT2D eigenvalue weighted by molar-refractivity contribution is -0.385. The molecule has 3 N–H and O–H groups in total. The summed E-state index contributed by atoms with van der Waals surface area (Å²) in [7, 11) is 0. The van der Waals surface area contributed by atoms with Gasteiger partial charge in [0.25, 0.3) is 17.5 Å². The van der Waals surface area contributed by atoms with Crippen molar-refractivity contribution in [2.45, 2.75) is 17.1 Å². The number of nitrogens with zero attached hydrogens (tertiary/aromatic N) is 1. The van der Waals surface area contributed by atoms with Crippen molar-refractivity contribution in [3.05, 3.63) is 135 Å². The van der Waals surface area contributed by atoms with Gasteiger partial charge in [-0.25, -0.2) is 0 Å². The third kappa shape index (κ3) is 8.06. The molecule has 42 heavy (non-hydrogen) atoms. The number of carbonyl (C=O) groups is 3. The lowest BCUT2D eigenvalue weighted by atomic mass is 10.1. The van der Waals surface area contributed by atoms with E-state index in [0.717, 1.165) is 4.90 Å². The number of para-hydroxylation sites is 2. The van der Waals surface area contributed by atoms with Crippen LogP contribution >= 0.6 is 23.4 Å². The van der Waals surface area contributed by atoms with E-state index < -0.39 is 22.0 Å². The molecular formula is C31H25ClN4O5S. The summed E-state index contributed by atoms with van der Waals surface area (Å²) >= 11 is 7.45. The van der Waals surface area contributed by atoms with Crippen LogP contribution in [0.5, 0.6) is 0 Å². The molecule has 0 bridgehead atoms. The Hall–Kier alpha value is -4.93. The molecule has 0 aliphatic carbocycles. The highest BCUT2D eigenvalue weighted by atomic mass is 35.5. The maximum absolute atomic E-state index is 13.3. The molecule has 0 aliphatic rings. The van der Waals surface area contributed by atoms with E-state index in [1.54, 1.807) is 91.9 Å². The van der Waals surface area contributed by atoms with Crippen molar-refractivity contribution in [2.24, 2.45) is 0 Å². The van der Waals surface area contributed by atoms with E-state index in [4.69, 9.17) is 11.6 Å². The van der Waals surface area contributed by atoms with E-state index in [1.807, 2.05) is 0 Å². The summed E-state index contributed by atoms with van der Waals surface area (Å²) in [5, 5.41) is 19.6. The molecule has 0 heterocycles. The summed E-state index contributed by atoms with van der Waals surface area (Å²) in [4.78, 5) is 50.5. The van der Waals surface area contributed by atoms with Crippen molar-refractivity contribution in [2.75, 3.05) is 10.6 Å². The summed E-state index contributed by atoms with van der Waals surface area (Å²) in [6.45, 7) is 1.77. The standard InChI is InChI=1S/C31H25ClN4O5S/c1-20(29(37)34-26-13-7-6-12-25(26)32)42-24-17-15-23(16-18-24)33-31(39)27(35-30(38)21-9-3-2-4-10-21)19-22-11-5-8-14-28(22)36(40)41/h2-20H,1H3,(H,33,39)(H,34,37)(H,35,38)/b27-19-. The first-order chi connectivity index (χ1) is 20.2. The largest absolute Gasteiger partial charge is 0.324 e. The van der Waals surface area contributed by atoms with Gasteiger partial charge in [-0.3, -0.25) is 24.5 Å². The van der Waals surface area contributed by atoms with E-state index in [0.29, 0.717) is 22.0 Å². The van der Waals surface area contributed by atoms with Crippen LogP contribution in [0.15, 0.2) is 114 Å². The number of halogens is 1. The van der Waals surface area contributed by atoms with E-state index in [9.17, 15) is 24.5 Å². The predicted molar refractivity (Wildman–Crippen MR) is 165 cm³/mol. The first-order valence-corrected chi connectivity index (χ1v) is 13.9. The SMILES string of the molecule is CC(Sc1ccc(NC(=O)/C(=C/c2ccccc2[N+](=O)[O-])NC(=O)c2ccccc2)cc1)C(=O)Nc1ccccc1Cl. The Morgan fingerprint density at radius 2 is 1.50 bits per heavy atom. The maximum atomic E-state index is 13.3. The summed E-state index contributed by atoms with van der Waals surface area (Å²) < 4.78 is 0. The van der Waals surface area contributed by atoms with Gasteiger partial charge in [-0.2, -0.15) is 0 Å². The molecule has 11 heteroatoms. The fourth-order valence-electron chi connectivity index (χ4n) is 3.74. The molecule has 0 spiro atoms. The van der Waals surface area contributed by atoms with Crippen molar-refractivity contribution in [1.82, 2.24) is 5.32 Å². The molecule has 4 aromatic rings. The molecule has 9 nitrogen and oxygen atoms in total. The van der Waals surface area contributed by atoms with Crippen LogP contribution in [-0.4, -0.2) is 27.9 Å². The molecule has 3 amide bonds. The van der Waals surface area contributed by atoms with Gasteiger partial charge in [-0.15, -0.1) is 11.8 Å². The predicted octanol–water partition coefficient (Wildman–Crippen LogP) is 6.78. The number of carbonyl (C=O) groups excluding carboxylic acids is 3. The molecule has 212 valence electrons. The third-order valence-corrected chi connectivity index (χ3v) is 7.33. The highest BCUT2D eigenvalue weighted by molar-refractivity contribution is 8.00. The highest BCUT2D eigenvalue weighted by Gasteiger charge is 2.19. The van der Waals surface area contributed by atoms with E-state index >= 15 is 0 Å². The average molecular weight is 601 g/mol. The van der Waals surface area contributed by atoms with E-state index in [2.05, 4.69) is 16.0 Å². The second-order valence-electron chi connectivity index (χ2n) is 8.90. The zero-order valence-corrected chi connectivity index (χ0v) is 23.8. The third-order valence-electron chi connectivity index (χ3n) is 5.89. The number of amides is 3. The topological polar surface area (TPSA) is 130 Å². The van der Waals surface area contributed by atoms with Crippen LogP contribution in [0.4, 0.5) is 17.1 Å². The van der Waals surface area contributed by atoms with Crippen LogP contribution in [0.1, 0.15) is 22.8 Å². The van der Waals surface area contributed by atoms with Crippen molar-refractivity contribution >= 4 is 64.2 Å². The molecular weight excluding hydrogens is 576 g/mol. The Bertz CT molecular complexity index is 1640. The summed E-state index contributed by atoms with van der Waals surface area (Å²) in [6.07, 6.45) is 1.26. The number of rotatable bonds is 10. The fourth-order valence-corrected chi connectivity index (χ4v) is 4.79. The number of hydrogen-bond acceptors (Lipinski definition) is 6. The molecule has 1 atom stereocenters. The minimum Gasteiger partial charge on any atom is -0.324 e. The monoisotopic (exact) mass is 600 g/mol. The van der Waals surface area contributed by atoms with Gasteiger partial charge in [0.15, 0.2) is 0 Å². The fraction of sp³-hybridized carbons (Fsp3) is 0.0645. The Labute approximate surface area is 251 Å². The average Bonchev–Trinajstić information content (AvgIpc) is 2.99. The van der Waals surface area contributed by atoms with Gasteiger partial charge in [0.05, 0.1) is 26.4 Å². The summed E-state index contributed by atoms with van der Waals surface area (Å²) in [6, 6.07) is 27.9. The summed E-state index contributed by atoms with van der Waals surface area (Å²) in [5.74, 6) is -1.44. The Morgan fingerprint density at radius 3 is 2.19 bits per heavy atom. The van der Waals surface area contributed by atoms with E-state index in [-0.39, 0.29) is 22.9 Å². The maximum Gasteiger partial charge on any atom is 0.276 e. The molecule has 0 saturated carbocycles. The highest BCUT2D eigenvalue weighted by Crippen LogP contribution is 2.27. The first-order valence-electron chi connectivity index (χ1n) is 12.7. The molecule has 0 saturated heterocycles. The van der Waals surface area contributed by atoms with Gasteiger partial charge >= 0.3 is 0 Å². The van der Waals surface area contributed by atoms with Crippen molar-refractivity contribution in [3.8, 4) is 0 Å². The normalized spacial score (nSPS) is 11.7. The van der Waals surface area contributed by atoms with Gasteiger partial charge in [-0.05, 0) is 67.6 Å². The number of benzene rings is 4. The minimum atomic E-state index is -0.676. The Kier molecular flexibility index (Phi) is 10.1. The molecule has 0 radical (unpaired) electrons. The molecule has 4 aromatic carbocycles. The molecule has 0 aliphatic heterocycles. The minimum absolute atomic E-state index is 0.150. The number of hydrogen-bond donors (Lipinski definition) is 3. The lowest BCUT2D eigenvalue weighted by Gasteiger charge is -2.14. The number of nitrogens with one attached hydrogen (secondary N) is 3. The number of nitro benzene ring substituents is 1. The van der Waals surface area contributed by atoms with Gasteiger partial charge < -0.3 is 16.0 Å². The lowest BCUT2D eigenvalue weighted by Crippen LogP contribution is -2.30. The van der Waals surface area contributed by atoms with Gasteiger partial charge in [-0.1, -0.05) is 54.1 Å². The van der Waals surface area contributed by atoms with Gasteiger partial charge in [0.2, 0.25) is 5.91 Å². The first kappa shape index (κ1) is 30.0. The second kappa shape index (κ2) is 14.1. The zero-order valence-electron chi connectivity index (χ0n) is 22.2. The molecule has 0 fully saturated rings. The van der Waals surface area contributed by atoms with Crippen LogP contribution in [0.25, 0.3) is 6.08 Å². The Morgan fingerprint density at radius 1 is 0.857 bits per heavy atom. The number of nitro groups is 1. The van der Waals surface area contributed by atoms with Crippen LogP contribution < -0.4 is 16.0 Å². The Balaban J connectivity index is 1.48. The zero-order chi connectivity index (χ0) is 30.1. The molecule has 0 aromatic heterocycles. The smallest absolute Gasteiger partial charge is 0.276 e. The quantitative estimate of drug-likeness (QED) is 0.0796. The van der Waals surface area contributed by atoms with Crippen LogP contribution in [0.2, 0.25) is 5.02 Å². The molecule has 4 rings (SSSR count). The van der Waals surface area contributed by atoms with Crippen molar-refractivity contribution in [3.63, 3.8) is 0 Å².